The summed E-state index contributed by atoms with van der Waals surface area (Å²) in [5.41, 5.74) is 2.11. The molecule has 0 saturated heterocycles. The number of hydrogen-bond donors (Lipinski definition) is 0. The molecule has 1 aliphatic heterocycles. The second-order valence-electron chi connectivity index (χ2n) is 4.47. The summed E-state index contributed by atoms with van der Waals surface area (Å²) in [6.45, 7) is 4.46. The van der Waals surface area contributed by atoms with Gasteiger partial charge in [-0.3, -0.25) is 4.79 Å². The van der Waals surface area contributed by atoms with E-state index in [9.17, 15) is 4.79 Å². The van der Waals surface area contributed by atoms with Gasteiger partial charge in [-0.15, -0.1) is 0 Å². The Kier molecular flexibility index (Phi) is 4.48. The SMILES string of the molecule is CC1=C(OCCCc2ccccc2)SC(C)C1=O. The number of carbonyl (C=O) groups is 1. The monoisotopic (exact) mass is 262 g/mol. The fourth-order valence-corrected chi connectivity index (χ4v) is 2.97. The van der Waals surface area contributed by atoms with E-state index in [1.165, 1.54) is 17.3 Å². The van der Waals surface area contributed by atoms with E-state index in [-0.39, 0.29) is 11.0 Å². The number of ether oxygens (including phenoxy) is 1. The molecule has 0 bridgehead atoms. The fraction of sp³-hybridized carbons (Fsp3) is 0.400. The lowest BCUT2D eigenvalue weighted by Crippen LogP contribution is -2.07. The van der Waals surface area contributed by atoms with Crippen molar-refractivity contribution in [2.75, 3.05) is 6.61 Å². The van der Waals surface area contributed by atoms with Gasteiger partial charge in [-0.2, -0.15) is 0 Å². The van der Waals surface area contributed by atoms with E-state index < -0.39 is 0 Å². The number of allylic oxidation sites excluding steroid dienone is 1. The van der Waals surface area contributed by atoms with Crippen molar-refractivity contribution in [2.45, 2.75) is 31.9 Å². The lowest BCUT2D eigenvalue weighted by molar-refractivity contribution is -0.114. The van der Waals surface area contributed by atoms with Crippen molar-refractivity contribution in [3.05, 3.63) is 46.6 Å². The van der Waals surface area contributed by atoms with Crippen LogP contribution in [0.15, 0.2) is 41.0 Å². The molecular formula is C15H18O2S. The highest BCUT2D eigenvalue weighted by Gasteiger charge is 2.28. The maximum absolute atomic E-state index is 11.6. The Balaban J connectivity index is 1.75. The van der Waals surface area contributed by atoms with Gasteiger partial charge >= 0.3 is 0 Å². The van der Waals surface area contributed by atoms with Crippen LogP contribution in [0.25, 0.3) is 0 Å². The van der Waals surface area contributed by atoms with Crippen LogP contribution in [0.3, 0.4) is 0 Å². The van der Waals surface area contributed by atoms with Gasteiger partial charge in [0, 0.05) is 5.57 Å². The standard InChI is InChI=1S/C15H18O2S/c1-11-14(16)12(2)18-15(11)17-10-6-9-13-7-4-3-5-8-13/h3-5,7-8,12H,6,9-10H2,1-2H3. The third kappa shape index (κ3) is 3.16. The van der Waals surface area contributed by atoms with Gasteiger partial charge in [-0.25, -0.2) is 0 Å². The smallest absolute Gasteiger partial charge is 0.175 e. The minimum absolute atomic E-state index is 0.0223. The van der Waals surface area contributed by atoms with Crippen LogP contribution in [0.1, 0.15) is 25.8 Å². The highest BCUT2D eigenvalue weighted by atomic mass is 32.2. The first-order valence-electron chi connectivity index (χ1n) is 6.27. The van der Waals surface area contributed by atoms with Gasteiger partial charge in [-0.05, 0) is 32.3 Å². The van der Waals surface area contributed by atoms with Crippen LogP contribution in [0, 0.1) is 0 Å². The molecule has 0 N–H and O–H groups in total. The topological polar surface area (TPSA) is 26.3 Å². The molecule has 0 aliphatic carbocycles. The average Bonchev–Trinajstić information content (AvgIpc) is 2.64. The predicted molar refractivity (Wildman–Crippen MR) is 75.5 cm³/mol. The Hall–Kier alpha value is -1.22. The molecule has 2 rings (SSSR count). The van der Waals surface area contributed by atoms with E-state index in [1.54, 1.807) is 0 Å². The van der Waals surface area contributed by atoms with Gasteiger partial charge in [0.25, 0.3) is 0 Å². The van der Waals surface area contributed by atoms with Crippen LogP contribution >= 0.6 is 11.8 Å². The van der Waals surface area contributed by atoms with Crippen molar-refractivity contribution in [2.24, 2.45) is 0 Å². The molecule has 1 aliphatic rings. The minimum atomic E-state index is 0.0223. The van der Waals surface area contributed by atoms with E-state index in [0.29, 0.717) is 6.61 Å². The largest absolute Gasteiger partial charge is 0.487 e. The number of benzene rings is 1. The lowest BCUT2D eigenvalue weighted by atomic mass is 10.1. The maximum Gasteiger partial charge on any atom is 0.175 e. The first kappa shape index (κ1) is 13.2. The van der Waals surface area contributed by atoms with Gasteiger partial charge in [0.15, 0.2) is 10.9 Å². The minimum Gasteiger partial charge on any atom is -0.487 e. The molecular weight excluding hydrogens is 244 g/mol. The van der Waals surface area contributed by atoms with Crippen LogP contribution in [-0.4, -0.2) is 17.6 Å². The third-order valence-corrected chi connectivity index (χ3v) is 4.22. The normalized spacial score (nSPS) is 19.4. The van der Waals surface area contributed by atoms with Gasteiger partial charge in [0.05, 0.1) is 11.9 Å². The Bertz CT molecular complexity index is 451. The molecule has 1 heterocycles. The van der Waals surface area contributed by atoms with Crippen molar-refractivity contribution in [1.82, 2.24) is 0 Å². The molecule has 1 atom stereocenters. The maximum atomic E-state index is 11.6. The molecule has 96 valence electrons. The summed E-state index contributed by atoms with van der Waals surface area (Å²) < 4.78 is 5.70. The summed E-state index contributed by atoms with van der Waals surface area (Å²) in [4.78, 5) is 11.6. The molecule has 0 aromatic heterocycles. The third-order valence-electron chi connectivity index (χ3n) is 3.01. The second-order valence-corrected chi connectivity index (χ2v) is 5.79. The molecule has 18 heavy (non-hydrogen) atoms. The van der Waals surface area contributed by atoms with Crippen LogP contribution in [-0.2, 0) is 16.0 Å². The summed E-state index contributed by atoms with van der Waals surface area (Å²) in [5.74, 6) is 0.207. The zero-order chi connectivity index (χ0) is 13.0. The van der Waals surface area contributed by atoms with Crippen LogP contribution in [0.2, 0.25) is 0 Å². The first-order valence-corrected chi connectivity index (χ1v) is 7.15. The van der Waals surface area contributed by atoms with Crippen LogP contribution in [0.5, 0.6) is 0 Å². The van der Waals surface area contributed by atoms with E-state index in [0.717, 1.165) is 23.5 Å². The van der Waals surface area contributed by atoms with Gasteiger partial charge in [0.1, 0.15) is 0 Å². The highest BCUT2D eigenvalue weighted by Crippen LogP contribution is 2.35. The van der Waals surface area contributed by atoms with Gasteiger partial charge in [0.2, 0.25) is 0 Å². The Labute approximate surface area is 112 Å². The molecule has 0 amide bonds. The van der Waals surface area contributed by atoms with Crippen molar-refractivity contribution in [3.8, 4) is 0 Å². The summed E-state index contributed by atoms with van der Waals surface area (Å²) in [5, 5.41) is 0.842. The predicted octanol–water partition coefficient (Wildman–Crippen LogP) is 3.57. The first-order chi connectivity index (χ1) is 8.68. The molecule has 0 spiro atoms. The van der Waals surface area contributed by atoms with Crippen LogP contribution < -0.4 is 0 Å². The van der Waals surface area contributed by atoms with E-state index >= 15 is 0 Å². The van der Waals surface area contributed by atoms with Gasteiger partial charge in [-0.1, -0.05) is 42.1 Å². The highest BCUT2D eigenvalue weighted by molar-refractivity contribution is 8.04. The zero-order valence-corrected chi connectivity index (χ0v) is 11.6. The summed E-state index contributed by atoms with van der Waals surface area (Å²) in [6.07, 6.45) is 1.99. The fourth-order valence-electron chi connectivity index (χ4n) is 1.94. The molecule has 1 aromatic carbocycles. The number of Topliss-reactive ketones (excluding diaryl/α,β-unsaturated/α-hetero) is 1. The van der Waals surface area contributed by atoms with E-state index in [2.05, 4.69) is 24.3 Å². The zero-order valence-electron chi connectivity index (χ0n) is 10.8. The quantitative estimate of drug-likeness (QED) is 0.759. The van der Waals surface area contributed by atoms with Crippen molar-refractivity contribution < 1.29 is 9.53 Å². The molecule has 1 unspecified atom stereocenters. The van der Waals surface area contributed by atoms with E-state index in [1.807, 2.05) is 19.9 Å². The van der Waals surface area contributed by atoms with Crippen molar-refractivity contribution in [3.63, 3.8) is 0 Å². The molecule has 2 nitrogen and oxygen atoms in total. The number of ketones is 1. The molecule has 0 fully saturated rings. The molecule has 0 radical (unpaired) electrons. The summed E-state index contributed by atoms with van der Waals surface area (Å²) in [6, 6.07) is 10.4. The number of aryl methyl sites for hydroxylation is 1. The van der Waals surface area contributed by atoms with Crippen LogP contribution in [0.4, 0.5) is 0 Å². The number of carbonyl (C=O) groups excluding carboxylic acids is 1. The van der Waals surface area contributed by atoms with E-state index in [4.69, 9.17) is 4.74 Å². The Morgan fingerprint density at radius 2 is 2.00 bits per heavy atom. The number of rotatable bonds is 5. The Morgan fingerprint density at radius 1 is 1.28 bits per heavy atom. The Morgan fingerprint density at radius 3 is 2.61 bits per heavy atom. The van der Waals surface area contributed by atoms with Crippen molar-refractivity contribution in [1.29, 1.82) is 0 Å². The number of thioether (sulfide) groups is 1. The average molecular weight is 262 g/mol. The summed E-state index contributed by atoms with van der Waals surface area (Å²) in [7, 11) is 0. The molecule has 0 saturated carbocycles. The molecule has 1 aromatic rings. The number of hydrogen-bond acceptors (Lipinski definition) is 3. The lowest BCUT2D eigenvalue weighted by Gasteiger charge is -2.07. The summed E-state index contributed by atoms with van der Waals surface area (Å²) >= 11 is 1.54. The van der Waals surface area contributed by atoms with Gasteiger partial charge < -0.3 is 4.74 Å². The van der Waals surface area contributed by atoms with Crippen molar-refractivity contribution >= 4 is 17.5 Å². The molecule has 3 heteroatoms. The second kappa shape index (κ2) is 6.10.